The number of aryl methyl sites for hydroxylation is 4. The molecule has 0 fully saturated rings. The lowest BCUT2D eigenvalue weighted by Gasteiger charge is -2.15. The second kappa shape index (κ2) is 6.81. The molecule has 1 aliphatic rings. The van der Waals surface area contributed by atoms with Gasteiger partial charge in [-0.3, -0.25) is 9.78 Å². The number of hydrogen-bond acceptors (Lipinski definition) is 4. The largest absolute Gasteiger partial charge is 0.480 e. The molecule has 140 valence electrons. The summed E-state index contributed by atoms with van der Waals surface area (Å²) in [5.41, 5.74) is 1.95. The second-order valence-corrected chi connectivity index (χ2v) is 8.15. The highest BCUT2D eigenvalue weighted by atomic mass is 32.1. The molecule has 0 saturated carbocycles. The first-order chi connectivity index (χ1) is 13.0. The Balaban J connectivity index is 1.75. The van der Waals surface area contributed by atoms with Crippen LogP contribution in [0.2, 0.25) is 0 Å². The number of nitrogens with zero attached hydrogens (tertiary/aromatic N) is 1. The van der Waals surface area contributed by atoms with Crippen LogP contribution in [0.3, 0.4) is 0 Å². The van der Waals surface area contributed by atoms with Crippen LogP contribution in [0.4, 0.5) is 0 Å². The zero-order valence-electron chi connectivity index (χ0n) is 14.9. The molecule has 2 heterocycles. The van der Waals surface area contributed by atoms with E-state index in [2.05, 4.69) is 4.98 Å². The number of aromatic amines is 1. The Morgan fingerprint density at radius 3 is 2.70 bits per heavy atom. The van der Waals surface area contributed by atoms with E-state index in [1.807, 2.05) is 31.2 Å². The van der Waals surface area contributed by atoms with Crippen LogP contribution in [0.25, 0.3) is 10.2 Å². The molecular formula is C20H20N2O4S. The first-order valence-corrected chi connectivity index (χ1v) is 9.85. The van der Waals surface area contributed by atoms with E-state index < -0.39 is 23.3 Å². The summed E-state index contributed by atoms with van der Waals surface area (Å²) in [7, 11) is 0. The van der Waals surface area contributed by atoms with Crippen LogP contribution in [-0.2, 0) is 24.1 Å². The molecule has 0 spiro atoms. The molecule has 2 aromatic heterocycles. The number of H-pyrrole nitrogens is 1. The SMILES string of the molecule is Cc1ccc(CCC(C(=O)O)n2c(=O)[nH]c3sc4c(c3c2=O)CCC4)cc1. The van der Waals surface area contributed by atoms with Crippen LogP contribution in [-0.4, -0.2) is 20.6 Å². The van der Waals surface area contributed by atoms with Crippen LogP contribution < -0.4 is 11.2 Å². The van der Waals surface area contributed by atoms with Crippen molar-refractivity contribution in [1.29, 1.82) is 0 Å². The summed E-state index contributed by atoms with van der Waals surface area (Å²) in [6.07, 6.45) is 3.36. The van der Waals surface area contributed by atoms with Gasteiger partial charge < -0.3 is 5.11 Å². The van der Waals surface area contributed by atoms with Gasteiger partial charge in [-0.05, 0) is 50.2 Å². The van der Waals surface area contributed by atoms with Gasteiger partial charge in [-0.15, -0.1) is 11.3 Å². The minimum absolute atomic E-state index is 0.180. The van der Waals surface area contributed by atoms with Crippen LogP contribution in [0.15, 0.2) is 33.9 Å². The molecule has 0 radical (unpaired) electrons. The van der Waals surface area contributed by atoms with E-state index >= 15 is 0 Å². The fraction of sp³-hybridized carbons (Fsp3) is 0.350. The maximum absolute atomic E-state index is 13.1. The summed E-state index contributed by atoms with van der Waals surface area (Å²) in [4.78, 5) is 41.9. The van der Waals surface area contributed by atoms with Gasteiger partial charge in [0, 0.05) is 4.88 Å². The molecule has 4 rings (SSSR count). The van der Waals surface area contributed by atoms with Crippen molar-refractivity contribution in [3.8, 4) is 0 Å². The summed E-state index contributed by atoms with van der Waals surface area (Å²) in [5.74, 6) is -1.17. The predicted octanol–water partition coefficient (Wildman–Crippen LogP) is 2.81. The highest BCUT2D eigenvalue weighted by Crippen LogP contribution is 2.34. The molecular weight excluding hydrogens is 364 g/mol. The maximum atomic E-state index is 13.1. The van der Waals surface area contributed by atoms with Gasteiger partial charge in [0.05, 0.1) is 5.39 Å². The quantitative estimate of drug-likeness (QED) is 0.707. The van der Waals surface area contributed by atoms with Gasteiger partial charge in [0.1, 0.15) is 10.9 Å². The van der Waals surface area contributed by atoms with Crippen molar-refractivity contribution in [3.63, 3.8) is 0 Å². The molecule has 1 aliphatic carbocycles. The van der Waals surface area contributed by atoms with Gasteiger partial charge >= 0.3 is 11.7 Å². The van der Waals surface area contributed by atoms with Gasteiger partial charge in [0.15, 0.2) is 0 Å². The molecule has 0 saturated heterocycles. The summed E-state index contributed by atoms with van der Waals surface area (Å²) >= 11 is 1.44. The topological polar surface area (TPSA) is 92.2 Å². The van der Waals surface area contributed by atoms with Crippen LogP contribution in [0.1, 0.15) is 40.5 Å². The van der Waals surface area contributed by atoms with Crippen molar-refractivity contribution in [2.24, 2.45) is 0 Å². The van der Waals surface area contributed by atoms with Crippen LogP contribution in [0, 0.1) is 6.92 Å². The number of aliphatic carboxylic acids is 1. The van der Waals surface area contributed by atoms with Crippen molar-refractivity contribution >= 4 is 27.5 Å². The molecule has 3 aromatic rings. The Morgan fingerprint density at radius 1 is 1.26 bits per heavy atom. The van der Waals surface area contributed by atoms with E-state index in [-0.39, 0.29) is 6.42 Å². The zero-order chi connectivity index (χ0) is 19.1. The van der Waals surface area contributed by atoms with Crippen molar-refractivity contribution < 1.29 is 9.90 Å². The fourth-order valence-electron chi connectivity index (χ4n) is 3.79. The van der Waals surface area contributed by atoms with Gasteiger partial charge in [-0.25, -0.2) is 14.2 Å². The molecule has 27 heavy (non-hydrogen) atoms. The molecule has 0 amide bonds. The third-order valence-electron chi connectivity index (χ3n) is 5.22. The minimum Gasteiger partial charge on any atom is -0.480 e. The molecule has 0 bridgehead atoms. The Bertz CT molecular complexity index is 1140. The third-order valence-corrected chi connectivity index (χ3v) is 6.42. The first kappa shape index (κ1) is 17.7. The predicted molar refractivity (Wildman–Crippen MR) is 105 cm³/mol. The average Bonchev–Trinajstić information content (AvgIpc) is 3.19. The second-order valence-electron chi connectivity index (χ2n) is 7.05. The van der Waals surface area contributed by atoms with E-state index in [0.29, 0.717) is 16.6 Å². The van der Waals surface area contributed by atoms with Crippen molar-refractivity contribution in [1.82, 2.24) is 9.55 Å². The highest BCUT2D eigenvalue weighted by Gasteiger charge is 2.27. The van der Waals surface area contributed by atoms with Gasteiger partial charge in [0.25, 0.3) is 5.56 Å². The lowest BCUT2D eigenvalue weighted by atomic mass is 10.0. The molecule has 1 unspecified atom stereocenters. The van der Waals surface area contributed by atoms with Gasteiger partial charge in [0.2, 0.25) is 0 Å². The number of hydrogen-bond donors (Lipinski definition) is 2. The molecule has 1 atom stereocenters. The molecule has 7 heteroatoms. The summed E-state index contributed by atoms with van der Waals surface area (Å²) in [5, 5.41) is 10.2. The smallest absolute Gasteiger partial charge is 0.330 e. The van der Waals surface area contributed by atoms with E-state index in [1.165, 1.54) is 11.3 Å². The molecule has 2 N–H and O–H groups in total. The number of nitrogens with one attached hydrogen (secondary N) is 1. The molecule has 1 aromatic carbocycles. The standard InChI is InChI=1S/C20H20N2O4S/c1-11-5-7-12(8-6-11)9-10-14(19(24)25)22-18(23)16-13-3-2-4-15(13)27-17(16)21-20(22)26/h5-8,14H,2-4,9-10H2,1H3,(H,21,26)(H,24,25). The fourth-order valence-corrected chi connectivity index (χ4v) is 5.06. The van der Waals surface area contributed by atoms with E-state index in [4.69, 9.17) is 0 Å². The minimum atomic E-state index is -1.19. The van der Waals surface area contributed by atoms with E-state index in [0.717, 1.165) is 45.4 Å². The average molecular weight is 384 g/mol. The monoisotopic (exact) mass is 384 g/mol. The number of carboxylic acids is 1. The maximum Gasteiger partial charge on any atom is 0.330 e. The Morgan fingerprint density at radius 2 is 2.00 bits per heavy atom. The summed E-state index contributed by atoms with van der Waals surface area (Å²) < 4.78 is 0.893. The zero-order valence-corrected chi connectivity index (χ0v) is 15.8. The lowest BCUT2D eigenvalue weighted by molar-refractivity contribution is -0.141. The number of carbonyl (C=O) groups is 1. The Kier molecular flexibility index (Phi) is 4.47. The van der Waals surface area contributed by atoms with Crippen LogP contribution in [0.5, 0.6) is 0 Å². The number of aromatic nitrogens is 2. The van der Waals surface area contributed by atoms with Gasteiger partial charge in [-0.1, -0.05) is 29.8 Å². The third kappa shape index (κ3) is 3.12. The highest BCUT2D eigenvalue weighted by molar-refractivity contribution is 7.18. The van der Waals surface area contributed by atoms with Gasteiger partial charge in [-0.2, -0.15) is 0 Å². The lowest BCUT2D eigenvalue weighted by Crippen LogP contribution is -2.41. The number of fused-ring (bicyclic) bond motifs is 3. The van der Waals surface area contributed by atoms with Crippen molar-refractivity contribution in [2.75, 3.05) is 0 Å². The normalized spacial score (nSPS) is 14.4. The Labute approximate surface area is 159 Å². The number of rotatable bonds is 5. The summed E-state index contributed by atoms with van der Waals surface area (Å²) in [6.45, 7) is 1.98. The number of carboxylic acid groups (broad SMARTS) is 1. The summed E-state index contributed by atoms with van der Waals surface area (Å²) in [6, 6.07) is 6.62. The Hall–Kier alpha value is -2.67. The molecule has 6 nitrogen and oxygen atoms in total. The first-order valence-electron chi connectivity index (χ1n) is 9.03. The van der Waals surface area contributed by atoms with Crippen molar-refractivity contribution in [2.45, 2.75) is 45.1 Å². The van der Waals surface area contributed by atoms with E-state index in [9.17, 15) is 19.5 Å². The van der Waals surface area contributed by atoms with Crippen molar-refractivity contribution in [3.05, 3.63) is 66.7 Å². The molecule has 0 aliphatic heterocycles. The number of benzene rings is 1. The van der Waals surface area contributed by atoms with Crippen LogP contribution >= 0.6 is 11.3 Å². The van der Waals surface area contributed by atoms with E-state index in [1.54, 1.807) is 0 Å². The number of thiophene rings is 1.